The summed E-state index contributed by atoms with van der Waals surface area (Å²) in [5.41, 5.74) is 3.51. The van der Waals surface area contributed by atoms with Crippen LogP contribution in [0.4, 0.5) is 0 Å². The lowest BCUT2D eigenvalue weighted by Crippen LogP contribution is -2.10. The van der Waals surface area contributed by atoms with Crippen LogP contribution < -0.4 is 5.19 Å². The van der Waals surface area contributed by atoms with Gasteiger partial charge in [0.15, 0.2) is 0 Å². The molecule has 0 saturated carbocycles. The Bertz CT molecular complexity index is 266. The van der Waals surface area contributed by atoms with Crippen molar-refractivity contribution >= 4 is 27.0 Å². The molecular formula is C9H10ClSi. The van der Waals surface area contributed by atoms with Crippen LogP contribution in [-0.4, -0.2) is 10.2 Å². The Balaban J connectivity index is 3.46. The van der Waals surface area contributed by atoms with Crippen molar-refractivity contribution < 1.29 is 0 Å². The summed E-state index contributed by atoms with van der Waals surface area (Å²) in [6.45, 7) is 6.11. The molecule has 1 rings (SSSR count). The molecule has 0 aliphatic rings. The molecule has 0 atom stereocenters. The van der Waals surface area contributed by atoms with Crippen LogP contribution in [-0.2, 0) is 0 Å². The first-order chi connectivity index (χ1) is 5.04. The monoisotopic (exact) mass is 181 g/mol. The fourth-order valence-electron chi connectivity index (χ4n) is 1.05. The number of benzene rings is 1. The van der Waals surface area contributed by atoms with Gasteiger partial charge in [-0.1, -0.05) is 22.9 Å². The summed E-state index contributed by atoms with van der Waals surface area (Å²) in [5, 5.41) is 2.01. The zero-order valence-electron chi connectivity index (χ0n) is 6.96. The molecule has 3 radical (unpaired) electrons. The second-order valence-electron chi connectivity index (χ2n) is 2.81. The highest BCUT2D eigenvalue weighted by atomic mass is 35.5. The predicted molar refractivity (Wildman–Crippen MR) is 51.1 cm³/mol. The molecule has 2 heteroatoms. The quantitative estimate of drug-likeness (QED) is 0.538. The van der Waals surface area contributed by atoms with Gasteiger partial charge in [0, 0.05) is 5.02 Å². The van der Waals surface area contributed by atoms with Gasteiger partial charge in [-0.15, -0.1) is 0 Å². The number of hydrogen-bond acceptors (Lipinski definition) is 0. The van der Waals surface area contributed by atoms with Crippen LogP contribution in [0.1, 0.15) is 16.7 Å². The Kier molecular flexibility index (Phi) is 2.40. The van der Waals surface area contributed by atoms with Crippen molar-refractivity contribution in [2.75, 3.05) is 0 Å². The highest BCUT2D eigenvalue weighted by Crippen LogP contribution is 2.20. The van der Waals surface area contributed by atoms with E-state index in [0.717, 1.165) is 21.3 Å². The Hall–Kier alpha value is -0.273. The zero-order valence-corrected chi connectivity index (χ0v) is 8.71. The molecule has 0 saturated heterocycles. The largest absolute Gasteiger partial charge is 0.0838 e. The van der Waals surface area contributed by atoms with Gasteiger partial charge >= 0.3 is 0 Å². The van der Waals surface area contributed by atoms with Gasteiger partial charge in [0.25, 0.3) is 0 Å². The van der Waals surface area contributed by atoms with E-state index in [1.54, 1.807) is 0 Å². The maximum Gasteiger partial charge on any atom is 0.0715 e. The highest BCUT2D eigenvalue weighted by Gasteiger charge is 2.04. The summed E-state index contributed by atoms with van der Waals surface area (Å²) >= 11 is 6.03. The van der Waals surface area contributed by atoms with Gasteiger partial charge < -0.3 is 0 Å². The third-order valence-corrected chi connectivity index (χ3v) is 3.10. The number of rotatable bonds is 0. The first-order valence-electron chi connectivity index (χ1n) is 3.52. The first kappa shape index (κ1) is 8.82. The van der Waals surface area contributed by atoms with E-state index >= 15 is 0 Å². The van der Waals surface area contributed by atoms with Crippen LogP contribution in [0.15, 0.2) is 6.07 Å². The van der Waals surface area contributed by atoms with E-state index in [0.29, 0.717) is 0 Å². The fraction of sp³-hybridized carbons (Fsp3) is 0.333. The summed E-state index contributed by atoms with van der Waals surface area (Å²) in [6, 6.07) is 2.04. The lowest BCUT2D eigenvalue weighted by molar-refractivity contribution is 1.32. The van der Waals surface area contributed by atoms with E-state index in [-0.39, 0.29) is 0 Å². The second-order valence-corrected chi connectivity index (χ2v) is 3.72. The van der Waals surface area contributed by atoms with E-state index < -0.39 is 0 Å². The van der Waals surface area contributed by atoms with Gasteiger partial charge in [-0.25, -0.2) is 0 Å². The molecule has 1 aromatic carbocycles. The molecule has 0 aliphatic heterocycles. The van der Waals surface area contributed by atoms with Gasteiger partial charge in [0.2, 0.25) is 0 Å². The summed E-state index contributed by atoms with van der Waals surface area (Å²) in [7, 11) is 3.52. The first-order valence-corrected chi connectivity index (χ1v) is 4.39. The molecule has 0 heterocycles. The molecule has 0 aromatic heterocycles. The maximum absolute atomic E-state index is 6.03. The molecule has 0 nitrogen and oxygen atoms in total. The molecule has 0 aliphatic carbocycles. The Morgan fingerprint density at radius 1 is 1.18 bits per heavy atom. The lowest BCUT2D eigenvalue weighted by Gasteiger charge is -2.08. The van der Waals surface area contributed by atoms with Crippen molar-refractivity contribution in [3.63, 3.8) is 0 Å². The highest BCUT2D eigenvalue weighted by molar-refractivity contribution is 6.36. The molecule has 0 amide bonds. The Morgan fingerprint density at radius 2 is 1.73 bits per heavy atom. The number of halogens is 1. The maximum atomic E-state index is 6.03. The number of aryl methyl sites for hydroxylation is 1. The van der Waals surface area contributed by atoms with Crippen LogP contribution in [0, 0.1) is 20.8 Å². The van der Waals surface area contributed by atoms with Crippen molar-refractivity contribution in [2.24, 2.45) is 0 Å². The van der Waals surface area contributed by atoms with Crippen LogP contribution in [0.5, 0.6) is 0 Å². The SMILES string of the molecule is Cc1cc([Si])c(C)c(C)c1Cl. The minimum absolute atomic E-state index is 0.879. The standard InChI is InChI=1S/C9H10ClSi/c1-5-4-8(11)6(2)7(3)9(5)10/h4H,1-3H3. The van der Waals surface area contributed by atoms with E-state index in [1.807, 2.05) is 19.9 Å². The topological polar surface area (TPSA) is 0 Å². The summed E-state index contributed by atoms with van der Waals surface area (Å²) in [5.74, 6) is 0. The second kappa shape index (κ2) is 3.00. The van der Waals surface area contributed by atoms with Crippen molar-refractivity contribution in [1.82, 2.24) is 0 Å². The van der Waals surface area contributed by atoms with E-state index in [4.69, 9.17) is 11.6 Å². The van der Waals surface area contributed by atoms with Gasteiger partial charge in [0.1, 0.15) is 0 Å². The third kappa shape index (κ3) is 1.49. The predicted octanol–water partition coefficient (Wildman–Crippen LogP) is 2.06. The van der Waals surface area contributed by atoms with Crippen molar-refractivity contribution in [3.05, 3.63) is 27.8 Å². The average molecular weight is 182 g/mol. The fourth-order valence-corrected chi connectivity index (χ4v) is 1.65. The van der Waals surface area contributed by atoms with Gasteiger partial charge in [-0.3, -0.25) is 0 Å². The molecule has 0 spiro atoms. The Morgan fingerprint density at radius 3 is 2.27 bits per heavy atom. The summed E-state index contributed by atoms with van der Waals surface area (Å²) in [6.07, 6.45) is 0. The van der Waals surface area contributed by atoms with Crippen molar-refractivity contribution in [3.8, 4) is 0 Å². The van der Waals surface area contributed by atoms with Crippen LogP contribution in [0.2, 0.25) is 5.02 Å². The van der Waals surface area contributed by atoms with Gasteiger partial charge in [-0.2, -0.15) is 0 Å². The Labute approximate surface area is 76.0 Å². The van der Waals surface area contributed by atoms with Crippen LogP contribution >= 0.6 is 11.6 Å². The summed E-state index contributed by atoms with van der Waals surface area (Å²) < 4.78 is 0. The van der Waals surface area contributed by atoms with Crippen LogP contribution in [0.25, 0.3) is 0 Å². The van der Waals surface area contributed by atoms with E-state index in [1.165, 1.54) is 5.56 Å². The number of hydrogen-bond donors (Lipinski definition) is 0. The molecule has 57 valence electrons. The van der Waals surface area contributed by atoms with Crippen LogP contribution in [0.3, 0.4) is 0 Å². The molecule has 0 N–H and O–H groups in total. The van der Waals surface area contributed by atoms with Crippen molar-refractivity contribution in [1.29, 1.82) is 0 Å². The third-order valence-electron chi connectivity index (χ3n) is 2.00. The lowest BCUT2D eigenvalue weighted by atomic mass is 10.1. The zero-order chi connectivity index (χ0) is 8.59. The minimum atomic E-state index is 0.879. The van der Waals surface area contributed by atoms with Crippen molar-refractivity contribution in [2.45, 2.75) is 20.8 Å². The molecular weight excluding hydrogens is 172 g/mol. The van der Waals surface area contributed by atoms with E-state index in [9.17, 15) is 0 Å². The molecule has 0 unspecified atom stereocenters. The molecule has 1 aromatic rings. The van der Waals surface area contributed by atoms with Gasteiger partial charge in [0.05, 0.1) is 10.2 Å². The molecule has 0 fully saturated rings. The average Bonchev–Trinajstić information content (AvgIpc) is 1.97. The normalized spacial score (nSPS) is 10.3. The molecule has 0 bridgehead atoms. The van der Waals surface area contributed by atoms with Gasteiger partial charge in [-0.05, 0) is 37.5 Å². The smallest absolute Gasteiger partial charge is 0.0715 e. The minimum Gasteiger partial charge on any atom is -0.0838 e. The summed E-state index contributed by atoms with van der Waals surface area (Å²) in [4.78, 5) is 0. The van der Waals surface area contributed by atoms with E-state index in [2.05, 4.69) is 17.2 Å². The molecule has 11 heavy (non-hydrogen) atoms.